The van der Waals surface area contributed by atoms with Crippen LogP contribution in [-0.2, 0) is 5.41 Å². The predicted molar refractivity (Wildman–Crippen MR) is 123 cm³/mol. The van der Waals surface area contributed by atoms with Crippen LogP contribution in [0.25, 0.3) is 11.4 Å². The van der Waals surface area contributed by atoms with Crippen molar-refractivity contribution in [3.8, 4) is 11.4 Å². The third kappa shape index (κ3) is 8.38. The molecule has 1 aromatic carbocycles. The summed E-state index contributed by atoms with van der Waals surface area (Å²) in [5.41, 5.74) is 2.62. The van der Waals surface area contributed by atoms with Crippen LogP contribution in [0.2, 0.25) is 0 Å². The van der Waals surface area contributed by atoms with E-state index in [1.807, 2.05) is 0 Å². The highest BCUT2D eigenvalue weighted by atomic mass is 32.2. The van der Waals surface area contributed by atoms with Gasteiger partial charge in [-0.15, -0.1) is 5.10 Å². The number of benzene rings is 1. The summed E-state index contributed by atoms with van der Waals surface area (Å²) in [5, 5.41) is 8.33. The van der Waals surface area contributed by atoms with E-state index in [-0.39, 0.29) is 5.41 Å². The Morgan fingerprint density at radius 1 is 0.821 bits per heavy atom. The third-order valence-corrected chi connectivity index (χ3v) is 6.15. The van der Waals surface area contributed by atoms with E-state index in [1.54, 1.807) is 11.8 Å². The highest BCUT2D eigenvalue weighted by molar-refractivity contribution is 7.99. The summed E-state index contributed by atoms with van der Waals surface area (Å²) in [7, 11) is 0. The molecule has 2 aromatic rings. The van der Waals surface area contributed by atoms with Gasteiger partial charge in [0.05, 0.1) is 0 Å². The lowest BCUT2D eigenvalue weighted by atomic mass is 9.87. The van der Waals surface area contributed by atoms with Crippen LogP contribution in [0.3, 0.4) is 0 Å². The molecule has 0 aliphatic heterocycles. The van der Waals surface area contributed by atoms with Crippen LogP contribution in [-0.4, -0.2) is 20.9 Å². The largest absolute Gasteiger partial charge is 0.258 e. The van der Waals surface area contributed by atoms with E-state index in [4.69, 9.17) is 0 Å². The molecular weight excluding hydrogens is 362 g/mol. The molecule has 0 spiro atoms. The van der Waals surface area contributed by atoms with E-state index >= 15 is 0 Å². The Morgan fingerprint density at radius 3 is 1.96 bits per heavy atom. The van der Waals surface area contributed by atoms with E-state index in [2.05, 4.69) is 67.1 Å². The van der Waals surface area contributed by atoms with Crippen molar-refractivity contribution in [1.29, 1.82) is 0 Å². The van der Waals surface area contributed by atoms with Crippen molar-refractivity contribution in [2.24, 2.45) is 0 Å². The first-order valence-corrected chi connectivity index (χ1v) is 12.2. The monoisotopic (exact) mass is 401 g/mol. The Morgan fingerprint density at radius 2 is 1.39 bits per heavy atom. The molecule has 4 heteroatoms. The van der Waals surface area contributed by atoms with Crippen LogP contribution in [0.15, 0.2) is 29.4 Å². The minimum absolute atomic E-state index is 0.177. The molecule has 1 N–H and O–H groups in total. The van der Waals surface area contributed by atoms with Crippen molar-refractivity contribution >= 4 is 11.8 Å². The second kappa shape index (κ2) is 12.3. The van der Waals surface area contributed by atoms with Gasteiger partial charge in [-0.25, -0.2) is 4.98 Å². The molecule has 0 aliphatic rings. The standard InChI is InChI=1S/C24H39N3S/c1-5-6-7-8-9-10-11-12-13-14-19-28-23-25-22(26-27-23)20-15-17-21(18-16-20)24(2,3)4/h15-18H,5-14,19H2,1-4H3,(H,25,26,27). The quantitative estimate of drug-likeness (QED) is 0.275. The fourth-order valence-electron chi connectivity index (χ4n) is 3.32. The molecule has 0 fully saturated rings. The van der Waals surface area contributed by atoms with E-state index in [1.165, 1.54) is 69.8 Å². The number of unbranched alkanes of at least 4 members (excludes halogenated alkanes) is 9. The molecule has 0 unspecified atom stereocenters. The fraction of sp³-hybridized carbons (Fsp3) is 0.667. The van der Waals surface area contributed by atoms with E-state index in [0.717, 1.165) is 22.3 Å². The van der Waals surface area contributed by atoms with Crippen molar-refractivity contribution in [2.75, 3.05) is 5.75 Å². The summed E-state index contributed by atoms with van der Waals surface area (Å²) in [6.07, 6.45) is 13.8. The maximum Gasteiger partial charge on any atom is 0.208 e. The second-order valence-electron chi connectivity index (χ2n) is 8.82. The topological polar surface area (TPSA) is 41.6 Å². The number of nitrogens with zero attached hydrogens (tertiary/aromatic N) is 2. The number of aromatic nitrogens is 3. The molecule has 0 saturated carbocycles. The van der Waals surface area contributed by atoms with Gasteiger partial charge in [-0.2, -0.15) is 0 Å². The van der Waals surface area contributed by atoms with Crippen LogP contribution in [0.4, 0.5) is 0 Å². The van der Waals surface area contributed by atoms with Gasteiger partial charge >= 0.3 is 0 Å². The number of hydrogen-bond acceptors (Lipinski definition) is 3. The van der Waals surface area contributed by atoms with Gasteiger partial charge in [0.2, 0.25) is 5.16 Å². The molecule has 0 aliphatic carbocycles. The minimum Gasteiger partial charge on any atom is -0.258 e. The molecule has 1 aromatic heterocycles. The second-order valence-corrected chi connectivity index (χ2v) is 9.89. The predicted octanol–water partition coefficient (Wildman–Crippen LogP) is 7.78. The van der Waals surface area contributed by atoms with Crippen molar-refractivity contribution in [1.82, 2.24) is 15.2 Å². The average molecular weight is 402 g/mol. The highest BCUT2D eigenvalue weighted by Crippen LogP contribution is 2.25. The zero-order valence-corrected chi connectivity index (χ0v) is 19.2. The summed E-state index contributed by atoms with van der Waals surface area (Å²) < 4.78 is 0. The Bertz CT molecular complexity index is 655. The van der Waals surface area contributed by atoms with Crippen LogP contribution >= 0.6 is 11.8 Å². The Labute approximate surface area is 176 Å². The van der Waals surface area contributed by atoms with Crippen LogP contribution in [0, 0.1) is 0 Å². The summed E-state index contributed by atoms with van der Waals surface area (Å²) in [5.74, 6) is 1.97. The van der Waals surface area contributed by atoms with Gasteiger partial charge in [0.25, 0.3) is 0 Å². The normalized spacial score (nSPS) is 11.9. The Kier molecular flexibility index (Phi) is 10.1. The average Bonchev–Trinajstić information content (AvgIpc) is 3.14. The zero-order valence-electron chi connectivity index (χ0n) is 18.4. The SMILES string of the molecule is CCCCCCCCCCCCSc1n[nH]c(-c2ccc(C(C)(C)C)cc2)n1. The Hall–Kier alpha value is -1.29. The van der Waals surface area contributed by atoms with Crippen molar-refractivity contribution < 1.29 is 0 Å². The molecule has 0 radical (unpaired) electrons. The van der Waals surface area contributed by atoms with Gasteiger partial charge in [0, 0.05) is 11.3 Å². The summed E-state index contributed by atoms with van der Waals surface area (Å²) in [6, 6.07) is 8.65. The molecule has 156 valence electrons. The van der Waals surface area contributed by atoms with Gasteiger partial charge in [0.1, 0.15) is 0 Å². The van der Waals surface area contributed by atoms with Crippen molar-refractivity contribution in [2.45, 2.75) is 102 Å². The number of H-pyrrole nitrogens is 1. The highest BCUT2D eigenvalue weighted by Gasteiger charge is 2.14. The molecule has 28 heavy (non-hydrogen) atoms. The lowest BCUT2D eigenvalue weighted by Crippen LogP contribution is -2.10. The summed E-state index contributed by atoms with van der Waals surface area (Å²) >= 11 is 1.77. The first-order valence-electron chi connectivity index (χ1n) is 11.2. The van der Waals surface area contributed by atoms with Crippen molar-refractivity contribution in [3.05, 3.63) is 29.8 Å². The van der Waals surface area contributed by atoms with Crippen LogP contribution in [0.5, 0.6) is 0 Å². The van der Waals surface area contributed by atoms with E-state index in [0.29, 0.717) is 0 Å². The minimum atomic E-state index is 0.177. The van der Waals surface area contributed by atoms with Gasteiger partial charge in [-0.3, -0.25) is 5.10 Å². The lowest BCUT2D eigenvalue weighted by Gasteiger charge is -2.18. The van der Waals surface area contributed by atoms with Gasteiger partial charge in [-0.1, -0.05) is 122 Å². The Balaban J connectivity index is 1.60. The maximum atomic E-state index is 4.65. The number of rotatable bonds is 13. The molecular formula is C24H39N3S. The zero-order chi connectivity index (χ0) is 20.2. The number of nitrogens with one attached hydrogen (secondary N) is 1. The van der Waals surface area contributed by atoms with E-state index in [9.17, 15) is 0 Å². The molecule has 0 amide bonds. The molecule has 1 heterocycles. The fourth-order valence-corrected chi connectivity index (χ4v) is 4.12. The number of aromatic amines is 1. The van der Waals surface area contributed by atoms with Crippen LogP contribution in [0.1, 0.15) is 97.5 Å². The summed E-state index contributed by atoms with van der Waals surface area (Å²) in [4.78, 5) is 4.65. The van der Waals surface area contributed by atoms with E-state index < -0.39 is 0 Å². The van der Waals surface area contributed by atoms with Crippen LogP contribution < -0.4 is 0 Å². The third-order valence-electron chi connectivity index (χ3n) is 5.22. The molecule has 2 rings (SSSR count). The smallest absolute Gasteiger partial charge is 0.208 e. The summed E-state index contributed by atoms with van der Waals surface area (Å²) in [6.45, 7) is 8.98. The van der Waals surface area contributed by atoms with Gasteiger partial charge in [0.15, 0.2) is 5.82 Å². The lowest BCUT2D eigenvalue weighted by molar-refractivity contribution is 0.563. The molecule has 3 nitrogen and oxygen atoms in total. The van der Waals surface area contributed by atoms with Gasteiger partial charge in [-0.05, 0) is 17.4 Å². The number of hydrogen-bond donors (Lipinski definition) is 1. The first-order chi connectivity index (χ1) is 13.5. The molecule has 0 bridgehead atoms. The first kappa shape index (κ1) is 23.0. The van der Waals surface area contributed by atoms with Crippen molar-refractivity contribution in [3.63, 3.8) is 0 Å². The number of thioether (sulfide) groups is 1. The van der Waals surface area contributed by atoms with Gasteiger partial charge < -0.3 is 0 Å². The molecule has 0 atom stereocenters. The molecule has 0 saturated heterocycles. The maximum absolute atomic E-state index is 4.65.